The summed E-state index contributed by atoms with van der Waals surface area (Å²) in [5.74, 6) is 4.40. The van der Waals surface area contributed by atoms with Gasteiger partial charge in [-0.2, -0.15) is 0 Å². The van der Waals surface area contributed by atoms with Crippen LogP contribution in [0.5, 0.6) is 5.75 Å². The summed E-state index contributed by atoms with van der Waals surface area (Å²) in [5, 5.41) is 0. The molecular weight excluding hydrogens is 726 g/mol. The van der Waals surface area contributed by atoms with Gasteiger partial charge in [0.25, 0.3) is 0 Å². The van der Waals surface area contributed by atoms with Gasteiger partial charge in [0.1, 0.15) is 0 Å². The fourth-order valence-electron chi connectivity index (χ4n) is 5.88. The van der Waals surface area contributed by atoms with E-state index in [4.69, 9.17) is 4.74 Å². The fourth-order valence-corrected chi connectivity index (χ4v) is 17.3. The molecule has 39 heavy (non-hydrogen) atoms. The SMILES string of the molecule is CC(C)CCCC(C)CCC1(CCC(C)CCCC(C)C)Oc2c[c]([Sn]([CH3])[CH3])sc2-c2s[c]([Sn]([CH3])([CH3])[CH3])cc21. The molecule has 0 fully saturated rings. The van der Waals surface area contributed by atoms with Crippen LogP contribution in [0, 0.1) is 23.7 Å². The van der Waals surface area contributed by atoms with Gasteiger partial charge in [-0.15, -0.1) is 0 Å². The average Bonchev–Trinajstić information content (AvgIpc) is 3.46. The van der Waals surface area contributed by atoms with Crippen molar-refractivity contribution in [3.8, 4) is 15.5 Å². The second-order valence-corrected chi connectivity index (χ2v) is 40.7. The standard InChI is InChI=1S/C29H44OS2.5CH3.2Sn/c1-21(2)9-7-11-23(5)13-17-29(18-14-24(6)12-8-10-22(3)4)25-15-19-31-27(25)28-26(30-29)16-20-32-28;;;;;;;/h15-16,21-24H,7-14,17-18H2,1-6H3;5*1H3;;. The number of ether oxygens (including phenoxy) is 1. The molecule has 1 nitrogen and oxygen atoms in total. The molecule has 2 aromatic rings. The Bertz CT molecular complexity index is 1000. The van der Waals surface area contributed by atoms with Crippen LogP contribution in [-0.2, 0) is 5.60 Å². The Morgan fingerprint density at radius 1 is 0.744 bits per heavy atom. The molecule has 1 radical (unpaired) electrons. The summed E-state index contributed by atoms with van der Waals surface area (Å²) in [6.45, 7) is 14.4. The first-order chi connectivity index (χ1) is 18.2. The van der Waals surface area contributed by atoms with Crippen LogP contribution in [0.3, 0.4) is 0 Å². The molecule has 2 unspecified atom stereocenters. The monoisotopic (exact) mass is 787 g/mol. The van der Waals surface area contributed by atoms with E-state index in [0.717, 1.165) is 23.7 Å². The van der Waals surface area contributed by atoms with Crippen molar-refractivity contribution >= 4 is 66.6 Å². The van der Waals surface area contributed by atoms with E-state index in [1.807, 2.05) is 0 Å². The summed E-state index contributed by atoms with van der Waals surface area (Å²) < 4.78 is 10.8. The van der Waals surface area contributed by atoms with Gasteiger partial charge in [0.2, 0.25) is 0 Å². The Kier molecular flexibility index (Phi) is 13.2. The van der Waals surface area contributed by atoms with Crippen LogP contribution in [0.1, 0.15) is 111 Å². The van der Waals surface area contributed by atoms with Crippen molar-refractivity contribution in [1.82, 2.24) is 0 Å². The summed E-state index contributed by atoms with van der Waals surface area (Å²) in [6, 6.07) is 5.16. The van der Waals surface area contributed by atoms with Crippen molar-refractivity contribution < 1.29 is 4.74 Å². The van der Waals surface area contributed by atoms with Crippen LogP contribution >= 0.6 is 22.7 Å². The van der Waals surface area contributed by atoms with E-state index in [1.165, 1.54) is 74.8 Å². The zero-order valence-corrected chi connectivity index (χ0v) is 34.6. The molecule has 0 amide bonds. The van der Waals surface area contributed by atoms with E-state index >= 15 is 0 Å². The van der Waals surface area contributed by atoms with Crippen molar-refractivity contribution in [3.05, 3.63) is 17.7 Å². The van der Waals surface area contributed by atoms with Crippen LogP contribution in [0.25, 0.3) is 9.75 Å². The van der Waals surface area contributed by atoms with Gasteiger partial charge in [0.15, 0.2) is 0 Å². The molecule has 0 aromatic carbocycles. The Morgan fingerprint density at radius 2 is 1.28 bits per heavy atom. The maximum atomic E-state index is 7.36. The molecule has 2 aromatic heterocycles. The van der Waals surface area contributed by atoms with Crippen LogP contribution in [0.4, 0.5) is 0 Å². The molecular formula is C34H59OS2Sn2. The minimum atomic E-state index is -2.22. The predicted molar refractivity (Wildman–Crippen MR) is 184 cm³/mol. The number of fused-ring (bicyclic) bond motifs is 3. The summed E-state index contributed by atoms with van der Waals surface area (Å²) in [7, 11) is 0. The second kappa shape index (κ2) is 15.0. The summed E-state index contributed by atoms with van der Waals surface area (Å²) >= 11 is 0.559. The molecule has 221 valence electrons. The summed E-state index contributed by atoms with van der Waals surface area (Å²) in [6.07, 6.45) is 13.1. The zero-order chi connectivity index (χ0) is 29.0. The van der Waals surface area contributed by atoms with Crippen molar-refractivity contribution in [2.75, 3.05) is 0 Å². The molecule has 3 rings (SSSR count). The van der Waals surface area contributed by atoms with Crippen molar-refractivity contribution in [2.45, 2.75) is 136 Å². The Morgan fingerprint density at radius 3 is 1.74 bits per heavy atom. The van der Waals surface area contributed by atoms with Gasteiger partial charge in [0, 0.05) is 0 Å². The van der Waals surface area contributed by atoms with Gasteiger partial charge in [-0.25, -0.2) is 0 Å². The Hall–Kier alpha value is 0.797. The third kappa shape index (κ3) is 9.65. The van der Waals surface area contributed by atoms with Crippen molar-refractivity contribution in [2.24, 2.45) is 23.7 Å². The molecule has 5 heteroatoms. The van der Waals surface area contributed by atoms with Gasteiger partial charge in [-0.1, -0.05) is 0 Å². The first kappa shape index (κ1) is 34.3. The summed E-state index contributed by atoms with van der Waals surface area (Å²) in [4.78, 5) is 15.9. The molecule has 0 bridgehead atoms. The van der Waals surface area contributed by atoms with Crippen molar-refractivity contribution in [3.63, 3.8) is 0 Å². The van der Waals surface area contributed by atoms with Crippen LogP contribution in [0.2, 0.25) is 24.7 Å². The van der Waals surface area contributed by atoms with E-state index in [0.29, 0.717) is 0 Å². The van der Waals surface area contributed by atoms with Gasteiger partial charge >= 0.3 is 264 Å². The average molecular weight is 785 g/mol. The molecule has 1 aliphatic rings. The van der Waals surface area contributed by atoms with Gasteiger partial charge in [-0.3, -0.25) is 0 Å². The molecule has 3 heterocycles. The predicted octanol–water partition coefficient (Wildman–Crippen LogP) is 11.1. The van der Waals surface area contributed by atoms with Crippen molar-refractivity contribution in [1.29, 1.82) is 0 Å². The molecule has 0 spiro atoms. The minimum absolute atomic E-state index is 0.143. The molecule has 0 saturated heterocycles. The number of rotatable bonds is 16. The normalized spacial score (nSPS) is 18.9. The number of hydrogen-bond acceptors (Lipinski definition) is 3. The van der Waals surface area contributed by atoms with Gasteiger partial charge < -0.3 is 0 Å². The fraction of sp³-hybridized carbons (Fsp3) is 0.765. The van der Waals surface area contributed by atoms with E-state index < -0.39 is 38.1 Å². The quantitative estimate of drug-likeness (QED) is 0.154. The topological polar surface area (TPSA) is 9.23 Å². The second-order valence-electron chi connectivity index (χ2n) is 14.9. The third-order valence-electron chi connectivity index (χ3n) is 8.70. The van der Waals surface area contributed by atoms with E-state index in [9.17, 15) is 0 Å². The van der Waals surface area contributed by atoms with E-state index in [-0.39, 0.29) is 5.60 Å². The molecule has 2 atom stereocenters. The van der Waals surface area contributed by atoms with E-state index in [2.05, 4.69) is 101 Å². The molecule has 0 N–H and O–H groups in total. The first-order valence-electron chi connectivity index (χ1n) is 16.0. The van der Waals surface area contributed by atoms with Crippen LogP contribution in [-0.4, -0.2) is 38.1 Å². The van der Waals surface area contributed by atoms with E-state index in [1.54, 1.807) is 16.2 Å². The Labute approximate surface area is 261 Å². The van der Waals surface area contributed by atoms with Crippen LogP contribution < -0.4 is 10.5 Å². The Balaban J connectivity index is 1.94. The molecule has 0 aliphatic carbocycles. The van der Waals surface area contributed by atoms with Crippen LogP contribution in [0.15, 0.2) is 12.1 Å². The first-order valence-corrected chi connectivity index (χ1v) is 34.8. The number of hydrogen-bond donors (Lipinski definition) is 0. The maximum absolute atomic E-state index is 7.36. The summed E-state index contributed by atoms with van der Waals surface area (Å²) in [5.41, 5.74) is 1.44. The zero-order valence-electron chi connectivity index (χ0n) is 27.3. The van der Waals surface area contributed by atoms with Gasteiger partial charge in [-0.05, 0) is 0 Å². The third-order valence-corrected chi connectivity index (χ3v) is 27.2. The van der Waals surface area contributed by atoms with Gasteiger partial charge in [0.05, 0.1) is 0 Å². The number of thiophene rings is 2. The molecule has 1 aliphatic heterocycles. The molecule has 0 saturated carbocycles.